The number of fused-ring (bicyclic) bond motifs is 1. The molecule has 0 radical (unpaired) electrons. The highest BCUT2D eigenvalue weighted by molar-refractivity contribution is 5.87. The van der Waals surface area contributed by atoms with Crippen molar-refractivity contribution in [3.63, 3.8) is 0 Å². The number of phenols is 1. The van der Waals surface area contributed by atoms with Gasteiger partial charge in [0.05, 0.1) is 12.5 Å². The van der Waals surface area contributed by atoms with Gasteiger partial charge in [-0.2, -0.15) is 0 Å². The summed E-state index contributed by atoms with van der Waals surface area (Å²) in [5.41, 5.74) is 1.31. The van der Waals surface area contributed by atoms with E-state index >= 15 is 0 Å². The normalized spacial score (nSPS) is 19.2. The van der Waals surface area contributed by atoms with E-state index in [1.165, 1.54) is 18.2 Å². The molecule has 2 amide bonds. The Bertz CT molecular complexity index is 1250. The first-order valence-electron chi connectivity index (χ1n) is 11.0. The fourth-order valence-electron chi connectivity index (χ4n) is 4.80. The second-order valence-electron chi connectivity index (χ2n) is 8.47. The molecule has 3 aromatic rings. The first-order chi connectivity index (χ1) is 16.0. The van der Waals surface area contributed by atoms with Gasteiger partial charge in [0, 0.05) is 36.7 Å². The third kappa shape index (κ3) is 4.16. The van der Waals surface area contributed by atoms with E-state index in [0.29, 0.717) is 43.5 Å². The molecule has 1 aromatic heterocycles. The van der Waals surface area contributed by atoms with Gasteiger partial charge < -0.3 is 19.2 Å². The maximum atomic E-state index is 13.0. The van der Waals surface area contributed by atoms with E-state index < -0.39 is 5.63 Å². The number of nitrogens with zero attached hydrogens (tertiary/aromatic N) is 2. The molecule has 1 atom stereocenters. The SMILES string of the molecule is O=C(Cc1cc(=O)oc2cc(O)ccc12)N1CCC(N2C(=O)OCC2c2ccccc2)CC1. The fraction of sp³-hybridized carbons (Fsp3) is 0.320. The molecule has 2 aliphatic rings. The van der Waals surface area contributed by atoms with E-state index in [0.717, 1.165) is 5.56 Å². The number of amides is 2. The molecule has 2 aliphatic heterocycles. The quantitative estimate of drug-likeness (QED) is 0.615. The number of likely N-dealkylation sites (tertiary alicyclic amines) is 1. The van der Waals surface area contributed by atoms with Gasteiger partial charge in [-0.15, -0.1) is 0 Å². The number of benzene rings is 2. The van der Waals surface area contributed by atoms with Crippen molar-refractivity contribution in [2.24, 2.45) is 0 Å². The number of hydrogen-bond acceptors (Lipinski definition) is 6. The number of carbonyl (C=O) groups is 2. The Balaban J connectivity index is 1.27. The van der Waals surface area contributed by atoms with Crippen LogP contribution in [0.2, 0.25) is 0 Å². The molecule has 0 aliphatic carbocycles. The summed E-state index contributed by atoms with van der Waals surface area (Å²) in [5, 5.41) is 10.3. The second-order valence-corrected chi connectivity index (χ2v) is 8.47. The molecule has 2 fully saturated rings. The molecule has 1 unspecified atom stereocenters. The van der Waals surface area contributed by atoms with Gasteiger partial charge in [-0.25, -0.2) is 9.59 Å². The van der Waals surface area contributed by atoms with Crippen LogP contribution < -0.4 is 5.63 Å². The Labute approximate surface area is 190 Å². The van der Waals surface area contributed by atoms with Crippen LogP contribution in [0.25, 0.3) is 11.0 Å². The zero-order valence-corrected chi connectivity index (χ0v) is 18.0. The predicted octanol–water partition coefficient (Wildman–Crippen LogP) is 3.23. The van der Waals surface area contributed by atoms with Gasteiger partial charge in [-0.1, -0.05) is 30.3 Å². The Morgan fingerprint density at radius 2 is 1.79 bits per heavy atom. The van der Waals surface area contributed by atoms with E-state index in [9.17, 15) is 19.5 Å². The fourth-order valence-corrected chi connectivity index (χ4v) is 4.80. The van der Waals surface area contributed by atoms with Crippen LogP contribution in [0.3, 0.4) is 0 Å². The van der Waals surface area contributed by atoms with Gasteiger partial charge >= 0.3 is 11.7 Å². The van der Waals surface area contributed by atoms with Crippen molar-refractivity contribution < 1.29 is 23.8 Å². The molecule has 33 heavy (non-hydrogen) atoms. The first kappa shape index (κ1) is 21.1. The van der Waals surface area contributed by atoms with Gasteiger partial charge in [0.2, 0.25) is 5.91 Å². The number of aromatic hydroxyl groups is 1. The number of piperidine rings is 1. The van der Waals surface area contributed by atoms with E-state index in [1.54, 1.807) is 11.0 Å². The van der Waals surface area contributed by atoms with Gasteiger partial charge in [-0.05, 0) is 36.1 Å². The third-order valence-electron chi connectivity index (χ3n) is 6.46. The van der Waals surface area contributed by atoms with Crippen molar-refractivity contribution in [1.29, 1.82) is 0 Å². The minimum atomic E-state index is -0.561. The average molecular weight is 448 g/mol. The molecule has 0 bridgehead atoms. The second kappa shape index (κ2) is 8.61. The summed E-state index contributed by atoms with van der Waals surface area (Å²) >= 11 is 0. The van der Waals surface area contributed by atoms with Crippen LogP contribution in [0.15, 0.2) is 63.8 Å². The van der Waals surface area contributed by atoms with Crippen LogP contribution in [0.1, 0.15) is 30.0 Å². The summed E-state index contributed by atoms with van der Waals surface area (Å²) in [6.45, 7) is 1.38. The summed E-state index contributed by atoms with van der Waals surface area (Å²) in [4.78, 5) is 41.0. The third-order valence-corrected chi connectivity index (χ3v) is 6.46. The number of ether oxygens (including phenoxy) is 1. The van der Waals surface area contributed by atoms with Crippen molar-refractivity contribution in [3.8, 4) is 5.75 Å². The summed E-state index contributed by atoms with van der Waals surface area (Å²) in [6.07, 6.45) is 1.08. The van der Waals surface area contributed by atoms with Crippen molar-refractivity contribution in [2.75, 3.05) is 19.7 Å². The predicted molar refractivity (Wildman–Crippen MR) is 120 cm³/mol. The minimum absolute atomic E-state index is 0.00170. The molecule has 5 rings (SSSR count). The van der Waals surface area contributed by atoms with Gasteiger partial charge in [0.15, 0.2) is 0 Å². The van der Waals surface area contributed by atoms with Gasteiger partial charge in [0.1, 0.15) is 17.9 Å². The minimum Gasteiger partial charge on any atom is -0.508 e. The average Bonchev–Trinajstić information content (AvgIpc) is 3.20. The molecule has 0 saturated carbocycles. The molecule has 2 saturated heterocycles. The van der Waals surface area contributed by atoms with E-state index in [-0.39, 0.29) is 41.8 Å². The van der Waals surface area contributed by atoms with Crippen LogP contribution in [-0.4, -0.2) is 52.6 Å². The zero-order chi connectivity index (χ0) is 22.9. The molecular formula is C25H24N2O6. The highest BCUT2D eigenvalue weighted by atomic mass is 16.6. The number of rotatable bonds is 4. The molecule has 170 valence electrons. The van der Waals surface area contributed by atoms with Crippen molar-refractivity contribution in [1.82, 2.24) is 9.80 Å². The Morgan fingerprint density at radius 1 is 1.03 bits per heavy atom. The molecule has 3 heterocycles. The maximum absolute atomic E-state index is 13.0. The zero-order valence-electron chi connectivity index (χ0n) is 18.0. The van der Waals surface area contributed by atoms with E-state index in [4.69, 9.17) is 9.15 Å². The monoisotopic (exact) mass is 448 g/mol. The van der Waals surface area contributed by atoms with E-state index in [1.807, 2.05) is 35.2 Å². The van der Waals surface area contributed by atoms with Crippen LogP contribution in [0.4, 0.5) is 4.79 Å². The number of hydrogen-bond donors (Lipinski definition) is 1. The standard InChI is InChI=1S/C25H24N2O6/c28-19-6-7-20-17(13-24(30)33-22(20)14-19)12-23(29)26-10-8-18(9-11-26)27-21(15-32-25(27)31)16-4-2-1-3-5-16/h1-7,13-14,18,21,28H,8-12,15H2. The Kier molecular flexibility index (Phi) is 5.50. The highest BCUT2D eigenvalue weighted by Crippen LogP contribution is 2.33. The molecule has 8 nitrogen and oxygen atoms in total. The van der Waals surface area contributed by atoms with E-state index in [2.05, 4.69) is 0 Å². The summed E-state index contributed by atoms with van der Waals surface area (Å²) in [7, 11) is 0. The smallest absolute Gasteiger partial charge is 0.410 e. The summed E-state index contributed by atoms with van der Waals surface area (Å²) in [5.74, 6) is -0.0949. The Morgan fingerprint density at radius 3 is 2.55 bits per heavy atom. The summed E-state index contributed by atoms with van der Waals surface area (Å²) < 4.78 is 10.5. The molecule has 1 N–H and O–H groups in total. The van der Waals surface area contributed by atoms with Crippen molar-refractivity contribution in [3.05, 3.63) is 76.1 Å². The van der Waals surface area contributed by atoms with Crippen LogP contribution >= 0.6 is 0 Å². The number of phenolic OH excluding ortho intramolecular Hbond substituents is 1. The van der Waals surface area contributed by atoms with Crippen molar-refractivity contribution >= 4 is 23.0 Å². The lowest BCUT2D eigenvalue weighted by Gasteiger charge is -2.38. The Hall–Kier alpha value is -3.81. The summed E-state index contributed by atoms with van der Waals surface area (Å²) in [6, 6.07) is 15.6. The lowest BCUT2D eigenvalue weighted by molar-refractivity contribution is -0.131. The van der Waals surface area contributed by atoms with Crippen molar-refractivity contribution in [2.45, 2.75) is 31.3 Å². The topological polar surface area (TPSA) is 100 Å². The van der Waals surface area contributed by atoms with Gasteiger partial charge in [-0.3, -0.25) is 9.69 Å². The van der Waals surface area contributed by atoms with Crippen LogP contribution in [-0.2, 0) is 16.0 Å². The highest BCUT2D eigenvalue weighted by Gasteiger charge is 2.40. The van der Waals surface area contributed by atoms with Crippen LogP contribution in [0.5, 0.6) is 5.75 Å². The number of carbonyl (C=O) groups excluding carboxylic acids is 2. The molecule has 0 spiro atoms. The lowest BCUT2D eigenvalue weighted by Crippen LogP contribution is -2.48. The van der Waals surface area contributed by atoms with Gasteiger partial charge in [0.25, 0.3) is 0 Å². The largest absolute Gasteiger partial charge is 0.508 e. The lowest BCUT2D eigenvalue weighted by atomic mass is 9.98. The molecule has 2 aromatic carbocycles. The van der Waals surface area contributed by atoms with Crippen LogP contribution in [0, 0.1) is 0 Å². The molecular weight excluding hydrogens is 424 g/mol. The first-order valence-corrected chi connectivity index (χ1v) is 11.0. The molecule has 8 heteroatoms. The maximum Gasteiger partial charge on any atom is 0.410 e. The number of cyclic esters (lactones) is 1.